The van der Waals surface area contributed by atoms with Gasteiger partial charge in [0.2, 0.25) is 0 Å². The van der Waals surface area contributed by atoms with E-state index in [9.17, 15) is 0 Å². The Hall–Kier alpha value is -1.40. The van der Waals surface area contributed by atoms with Crippen molar-refractivity contribution in [2.45, 2.75) is 6.04 Å². The number of anilines is 2. The number of piperazine rings is 1. The molecule has 6 nitrogen and oxygen atoms in total. The van der Waals surface area contributed by atoms with Crippen LogP contribution in [0.2, 0.25) is 0 Å². The Balaban J connectivity index is 1.86. The van der Waals surface area contributed by atoms with E-state index in [1.807, 2.05) is 0 Å². The molecular formula is C11H20N6. The predicted octanol–water partition coefficient (Wildman–Crippen LogP) is -0.283. The highest BCUT2D eigenvalue weighted by Gasteiger charge is 2.21. The highest BCUT2D eigenvalue weighted by molar-refractivity contribution is 5.36. The van der Waals surface area contributed by atoms with Crippen LogP contribution >= 0.6 is 0 Å². The molecule has 2 rings (SSSR count). The second-order valence-corrected chi connectivity index (χ2v) is 4.60. The SMILES string of the molecule is CN1CCN(C)C(CNc2cnc(N)cn2)C1. The van der Waals surface area contributed by atoms with Gasteiger partial charge in [0, 0.05) is 32.2 Å². The first-order chi connectivity index (χ1) is 8.15. The van der Waals surface area contributed by atoms with Crippen LogP contribution < -0.4 is 11.1 Å². The molecule has 1 aromatic heterocycles. The molecule has 17 heavy (non-hydrogen) atoms. The molecule has 0 amide bonds. The van der Waals surface area contributed by atoms with Crippen molar-refractivity contribution in [3.8, 4) is 0 Å². The summed E-state index contributed by atoms with van der Waals surface area (Å²) in [6, 6.07) is 0.508. The van der Waals surface area contributed by atoms with Crippen molar-refractivity contribution in [2.75, 3.05) is 51.3 Å². The summed E-state index contributed by atoms with van der Waals surface area (Å²) in [4.78, 5) is 12.9. The Bertz CT molecular complexity index is 351. The molecule has 1 aromatic rings. The zero-order valence-corrected chi connectivity index (χ0v) is 10.4. The fourth-order valence-electron chi connectivity index (χ4n) is 1.97. The van der Waals surface area contributed by atoms with Crippen LogP contribution in [0, 0.1) is 0 Å². The number of hydrogen-bond donors (Lipinski definition) is 2. The fourth-order valence-corrected chi connectivity index (χ4v) is 1.97. The molecule has 1 saturated heterocycles. The molecule has 1 unspecified atom stereocenters. The minimum atomic E-state index is 0.449. The number of rotatable bonds is 3. The van der Waals surface area contributed by atoms with Crippen LogP contribution in [0.3, 0.4) is 0 Å². The average molecular weight is 236 g/mol. The summed E-state index contributed by atoms with van der Waals surface area (Å²) in [5.41, 5.74) is 5.49. The number of nitrogens with one attached hydrogen (secondary N) is 1. The number of aromatic nitrogens is 2. The molecule has 1 fully saturated rings. The van der Waals surface area contributed by atoms with Gasteiger partial charge < -0.3 is 16.0 Å². The second kappa shape index (κ2) is 5.29. The van der Waals surface area contributed by atoms with Gasteiger partial charge in [-0.25, -0.2) is 9.97 Å². The minimum absolute atomic E-state index is 0.449. The molecule has 0 saturated carbocycles. The molecule has 6 heteroatoms. The van der Waals surface area contributed by atoms with Gasteiger partial charge in [-0.2, -0.15) is 0 Å². The summed E-state index contributed by atoms with van der Waals surface area (Å²) in [5.74, 6) is 1.23. The van der Waals surface area contributed by atoms with Crippen LogP contribution in [-0.2, 0) is 0 Å². The fraction of sp³-hybridized carbons (Fsp3) is 0.636. The van der Waals surface area contributed by atoms with Gasteiger partial charge in [0.25, 0.3) is 0 Å². The molecule has 0 aliphatic carbocycles. The number of likely N-dealkylation sites (N-methyl/N-ethyl adjacent to an activating group) is 2. The lowest BCUT2D eigenvalue weighted by Gasteiger charge is -2.37. The van der Waals surface area contributed by atoms with Gasteiger partial charge >= 0.3 is 0 Å². The van der Waals surface area contributed by atoms with E-state index in [-0.39, 0.29) is 0 Å². The van der Waals surface area contributed by atoms with E-state index in [0.29, 0.717) is 11.9 Å². The predicted molar refractivity (Wildman–Crippen MR) is 68.8 cm³/mol. The first kappa shape index (κ1) is 12.1. The Kier molecular flexibility index (Phi) is 3.75. The maximum Gasteiger partial charge on any atom is 0.144 e. The number of nitrogen functional groups attached to an aromatic ring is 1. The smallest absolute Gasteiger partial charge is 0.144 e. The third-order valence-corrected chi connectivity index (χ3v) is 3.17. The molecule has 0 aromatic carbocycles. The molecule has 0 spiro atoms. The van der Waals surface area contributed by atoms with E-state index in [1.165, 1.54) is 0 Å². The van der Waals surface area contributed by atoms with Gasteiger partial charge in [0.05, 0.1) is 12.4 Å². The summed E-state index contributed by atoms with van der Waals surface area (Å²) < 4.78 is 0. The lowest BCUT2D eigenvalue weighted by Crippen LogP contribution is -2.52. The zero-order chi connectivity index (χ0) is 12.3. The number of hydrogen-bond acceptors (Lipinski definition) is 6. The lowest BCUT2D eigenvalue weighted by molar-refractivity contribution is 0.122. The molecule has 1 aliphatic heterocycles. The van der Waals surface area contributed by atoms with Crippen LogP contribution in [0.4, 0.5) is 11.6 Å². The van der Waals surface area contributed by atoms with E-state index < -0.39 is 0 Å². The van der Waals surface area contributed by atoms with Crippen molar-refractivity contribution < 1.29 is 0 Å². The molecule has 0 bridgehead atoms. The van der Waals surface area contributed by atoms with Crippen LogP contribution in [0.15, 0.2) is 12.4 Å². The zero-order valence-electron chi connectivity index (χ0n) is 10.4. The molecule has 1 atom stereocenters. The molecule has 0 radical (unpaired) electrons. The third kappa shape index (κ3) is 3.28. The van der Waals surface area contributed by atoms with Crippen molar-refractivity contribution in [3.63, 3.8) is 0 Å². The summed E-state index contributed by atoms with van der Waals surface area (Å²) in [7, 11) is 4.32. The van der Waals surface area contributed by atoms with E-state index in [4.69, 9.17) is 5.73 Å². The van der Waals surface area contributed by atoms with Crippen molar-refractivity contribution in [1.82, 2.24) is 19.8 Å². The second-order valence-electron chi connectivity index (χ2n) is 4.60. The summed E-state index contributed by atoms with van der Waals surface area (Å²) in [5, 5.41) is 3.30. The normalized spacial score (nSPS) is 22.6. The number of nitrogens with two attached hydrogens (primary N) is 1. The molecule has 3 N–H and O–H groups in total. The van der Waals surface area contributed by atoms with E-state index >= 15 is 0 Å². The Morgan fingerprint density at radius 3 is 2.88 bits per heavy atom. The largest absolute Gasteiger partial charge is 0.382 e. The lowest BCUT2D eigenvalue weighted by atomic mass is 10.2. The highest BCUT2D eigenvalue weighted by atomic mass is 15.3. The van der Waals surface area contributed by atoms with Crippen molar-refractivity contribution in [1.29, 1.82) is 0 Å². The summed E-state index contributed by atoms with van der Waals surface area (Å²) >= 11 is 0. The average Bonchev–Trinajstić information content (AvgIpc) is 2.32. The third-order valence-electron chi connectivity index (χ3n) is 3.17. The van der Waals surface area contributed by atoms with Gasteiger partial charge in [-0.15, -0.1) is 0 Å². The highest BCUT2D eigenvalue weighted by Crippen LogP contribution is 2.08. The molecule has 1 aliphatic rings. The van der Waals surface area contributed by atoms with Crippen molar-refractivity contribution in [3.05, 3.63) is 12.4 Å². The van der Waals surface area contributed by atoms with Gasteiger partial charge in [0.1, 0.15) is 11.6 Å². The van der Waals surface area contributed by atoms with Crippen LogP contribution in [-0.4, -0.2) is 66.1 Å². The molecular weight excluding hydrogens is 216 g/mol. The number of nitrogens with zero attached hydrogens (tertiary/aromatic N) is 4. The monoisotopic (exact) mass is 236 g/mol. The van der Waals surface area contributed by atoms with Crippen LogP contribution in [0.5, 0.6) is 0 Å². The first-order valence-electron chi connectivity index (χ1n) is 5.85. The molecule has 2 heterocycles. The van der Waals surface area contributed by atoms with Gasteiger partial charge in [-0.1, -0.05) is 0 Å². The quantitative estimate of drug-likeness (QED) is 0.752. The first-order valence-corrected chi connectivity index (χ1v) is 5.85. The van der Waals surface area contributed by atoms with Crippen molar-refractivity contribution in [2.24, 2.45) is 0 Å². The van der Waals surface area contributed by atoms with Crippen LogP contribution in [0.25, 0.3) is 0 Å². The van der Waals surface area contributed by atoms with Crippen molar-refractivity contribution >= 4 is 11.6 Å². The maximum absolute atomic E-state index is 5.49. The topological polar surface area (TPSA) is 70.3 Å². The standard InChI is InChI=1S/C11H20N6/c1-16-3-4-17(2)9(8-16)5-14-11-7-13-10(12)6-15-11/h6-7,9H,3-5,8H2,1-2H3,(H2,12,13)(H,14,15). The van der Waals surface area contributed by atoms with Crippen LogP contribution in [0.1, 0.15) is 0 Å². The summed E-state index contributed by atoms with van der Waals surface area (Å²) in [6.45, 7) is 4.19. The van der Waals surface area contributed by atoms with Gasteiger partial charge in [-0.3, -0.25) is 4.90 Å². The Morgan fingerprint density at radius 2 is 2.18 bits per heavy atom. The summed E-state index contributed by atoms with van der Waals surface area (Å²) in [6.07, 6.45) is 3.24. The Morgan fingerprint density at radius 1 is 1.35 bits per heavy atom. The molecule has 94 valence electrons. The van der Waals surface area contributed by atoms with Gasteiger partial charge in [0.15, 0.2) is 0 Å². The Labute approximate surface area is 102 Å². The minimum Gasteiger partial charge on any atom is -0.382 e. The van der Waals surface area contributed by atoms with Gasteiger partial charge in [-0.05, 0) is 14.1 Å². The van der Waals surface area contributed by atoms with E-state index in [1.54, 1.807) is 12.4 Å². The van der Waals surface area contributed by atoms with E-state index in [2.05, 4.69) is 39.2 Å². The maximum atomic E-state index is 5.49. The van der Waals surface area contributed by atoms with E-state index in [0.717, 1.165) is 32.0 Å².